The number of Topliss-reactive ketones (excluding diaryl/α,β-unsaturated/α-hetero) is 1. The summed E-state index contributed by atoms with van der Waals surface area (Å²) in [6.45, 7) is 6.59. The van der Waals surface area contributed by atoms with E-state index >= 15 is 0 Å². The Bertz CT molecular complexity index is 1030. The van der Waals surface area contributed by atoms with E-state index in [9.17, 15) is 14.4 Å². The SMILES string of the molecule is COc1ccc(C)cc1N1CC(C(=O)N2CCN(c3ccc(C(C)=O)cc3)CC2)CC1=O. The number of benzene rings is 2. The van der Waals surface area contributed by atoms with Crippen molar-refractivity contribution in [3.8, 4) is 5.75 Å². The number of aryl methyl sites for hydroxylation is 1. The molecule has 2 aliphatic rings. The van der Waals surface area contributed by atoms with Crippen LogP contribution in [0.2, 0.25) is 0 Å². The van der Waals surface area contributed by atoms with Crippen LogP contribution in [0.15, 0.2) is 42.5 Å². The number of carbonyl (C=O) groups excluding carboxylic acids is 3. The molecule has 2 heterocycles. The summed E-state index contributed by atoms with van der Waals surface area (Å²) < 4.78 is 5.43. The molecule has 2 fully saturated rings. The largest absolute Gasteiger partial charge is 0.495 e. The Morgan fingerprint density at radius 2 is 1.69 bits per heavy atom. The van der Waals surface area contributed by atoms with E-state index in [4.69, 9.17) is 4.74 Å². The summed E-state index contributed by atoms with van der Waals surface area (Å²) in [5.74, 6) is 0.349. The second-order valence-corrected chi connectivity index (χ2v) is 8.50. The van der Waals surface area contributed by atoms with Gasteiger partial charge in [0.1, 0.15) is 5.75 Å². The smallest absolute Gasteiger partial charge is 0.228 e. The molecule has 7 nitrogen and oxygen atoms in total. The van der Waals surface area contributed by atoms with Crippen LogP contribution in [0.25, 0.3) is 0 Å². The first-order chi connectivity index (χ1) is 15.4. The van der Waals surface area contributed by atoms with Gasteiger partial charge in [-0.3, -0.25) is 14.4 Å². The minimum atomic E-state index is -0.339. The molecule has 32 heavy (non-hydrogen) atoms. The van der Waals surface area contributed by atoms with E-state index in [1.807, 2.05) is 54.3 Å². The molecule has 0 saturated carbocycles. The normalized spacial score (nSPS) is 18.8. The minimum Gasteiger partial charge on any atom is -0.495 e. The Morgan fingerprint density at radius 3 is 2.31 bits per heavy atom. The highest BCUT2D eigenvalue weighted by atomic mass is 16.5. The molecule has 0 radical (unpaired) electrons. The Kier molecular flexibility index (Phi) is 6.17. The fourth-order valence-corrected chi connectivity index (χ4v) is 4.47. The minimum absolute atomic E-state index is 0.0408. The van der Waals surface area contributed by atoms with Gasteiger partial charge in [0, 0.05) is 50.4 Å². The van der Waals surface area contributed by atoms with Gasteiger partial charge in [-0.05, 0) is 55.8 Å². The number of rotatable bonds is 5. The first kappa shape index (κ1) is 21.9. The van der Waals surface area contributed by atoms with Crippen LogP contribution in [0.4, 0.5) is 11.4 Å². The third-order valence-corrected chi connectivity index (χ3v) is 6.33. The fraction of sp³-hybridized carbons (Fsp3) is 0.400. The number of piperazine rings is 1. The molecule has 7 heteroatoms. The summed E-state index contributed by atoms with van der Waals surface area (Å²) in [6, 6.07) is 13.3. The van der Waals surface area contributed by atoms with E-state index in [-0.39, 0.29) is 29.9 Å². The van der Waals surface area contributed by atoms with Gasteiger partial charge < -0.3 is 19.4 Å². The van der Waals surface area contributed by atoms with Gasteiger partial charge in [0.25, 0.3) is 0 Å². The third-order valence-electron chi connectivity index (χ3n) is 6.33. The van der Waals surface area contributed by atoms with Gasteiger partial charge in [-0.25, -0.2) is 0 Å². The zero-order valence-electron chi connectivity index (χ0n) is 18.8. The van der Waals surface area contributed by atoms with Crippen LogP contribution >= 0.6 is 0 Å². The first-order valence-electron chi connectivity index (χ1n) is 11.0. The van der Waals surface area contributed by atoms with Crippen molar-refractivity contribution in [3.05, 3.63) is 53.6 Å². The van der Waals surface area contributed by atoms with Gasteiger partial charge in [-0.2, -0.15) is 0 Å². The summed E-state index contributed by atoms with van der Waals surface area (Å²) in [7, 11) is 1.59. The maximum Gasteiger partial charge on any atom is 0.228 e. The van der Waals surface area contributed by atoms with Gasteiger partial charge in [-0.15, -0.1) is 0 Å². The molecular formula is C25H29N3O4. The third kappa shape index (κ3) is 4.33. The first-order valence-corrected chi connectivity index (χ1v) is 11.0. The van der Waals surface area contributed by atoms with Gasteiger partial charge in [0.05, 0.1) is 18.7 Å². The van der Waals surface area contributed by atoms with Gasteiger partial charge in [0.2, 0.25) is 11.8 Å². The highest BCUT2D eigenvalue weighted by molar-refractivity contribution is 6.01. The van der Waals surface area contributed by atoms with Crippen LogP contribution in [-0.2, 0) is 9.59 Å². The molecule has 0 spiro atoms. The van der Waals surface area contributed by atoms with Crippen molar-refractivity contribution in [2.75, 3.05) is 49.6 Å². The van der Waals surface area contributed by atoms with Crippen LogP contribution < -0.4 is 14.5 Å². The van der Waals surface area contributed by atoms with E-state index < -0.39 is 0 Å². The standard InChI is InChI=1S/C25H29N3O4/c1-17-4-9-23(32-3)22(14-17)28-16-20(15-24(28)30)25(31)27-12-10-26(11-13-27)21-7-5-19(6-8-21)18(2)29/h4-9,14,20H,10-13,15-16H2,1-3H3. The summed E-state index contributed by atoms with van der Waals surface area (Å²) in [4.78, 5) is 43.1. The quantitative estimate of drug-likeness (QED) is 0.676. The molecule has 0 aliphatic carbocycles. The lowest BCUT2D eigenvalue weighted by Crippen LogP contribution is -2.50. The number of nitrogens with zero attached hydrogens (tertiary/aromatic N) is 3. The Balaban J connectivity index is 1.38. The molecule has 2 aliphatic heterocycles. The second-order valence-electron chi connectivity index (χ2n) is 8.50. The summed E-state index contributed by atoms with van der Waals surface area (Å²) in [6.07, 6.45) is 0.225. The molecule has 2 aromatic carbocycles. The molecule has 2 saturated heterocycles. The predicted octanol–water partition coefficient (Wildman–Crippen LogP) is 2.91. The van der Waals surface area contributed by atoms with E-state index in [2.05, 4.69) is 4.90 Å². The number of carbonyl (C=O) groups is 3. The lowest BCUT2D eigenvalue weighted by molar-refractivity contribution is -0.136. The molecule has 2 amide bonds. The summed E-state index contributed by atoms with van der Waals surface area (Å²) in [5, 5.41) is 0. The fourth-order valence-electron chi connectivity index (χ4n) is 4.47. The molecule has 0 aromatic heterocycles. The maximum absolute atomic E-state index is 13.2. The van der Waals surface area contributed by atoms with Crippen LogP contribution in [-0.4, -0.2) is 62.3 Å². The average molecular weight is 436 g/mol. The number of hydrogen-bond donors (Lipinski definition) is 0. The number of anilines is 2. The molecule has 0 N–H and O–H groups in total. The highest BCUT2D eigenvalue weighted by Gasteiger charge is 2.38. The Labute approximate surface area is 188 Å². The van der Waals surface area contributed by atoms with Gasteiger partial charge >= 0.3 is 0 Å². The van der Waals surface area contributed by atoms with Crippen LogP contribution in [0.3, 0.4) is 0 Å². The molecule has 0 bridgehead atoms. The molecular weight excluding hydrogens is 406 g/mol. The van der Waals surface area contributed by atoms with Crippen molar-refractivity contribution in [2.24, 2.45) is 5.92 Å². The molecule has 4 rings (SSSR count). The van der Waals surface area contributed by atoms with Crippen LogP contribution in [0.1, 0.15) is 29.3 Å². The number of hydrogen-bond acceptors (Lipinski definition) is 5. The highest BCUT2D eigenvalue weighted by Crippen LogP contribution is 2.34. The number of ether oxygens (including phenoxy) is 1. The van der Waals surface area contributed by atoms with Crippen LogP contribution in [0, 0.1) is 12.8 Å². The maximum atomic E-state index is 13.2. The Morgan fingerprint density at radius 1 is 1.00 bits per heavy atom. The van der Waals surface area contributed by atoms with Crippen molar-refractivity contribution < 1.29 is 19.1 Å². The molecule has 1 atom stereocenters. The van der Waals surface area contributed by atoms with Crippen LogP contribution in [0.5, 0.6) is 5.75 Å². The predicted molar refractivity (Wildman–Crippen MR) is 123 cm³/mol. The zero-order valence-corrected chi connectivity index (χ0v) is 18.8. The van der Waals surface area contributed by atoms with E-state index in [1.165, 1.54) is 0 Å². The van der Waals surface area contributed by atoms with Crippen molar-refractivity contribution >= 4 is 29.0 Å². The van der Waals surface area contributed by atoms with Gasteiger partial charge in [-0.1, -0.05) is 6.07 Å². The van der Waals surface area contributed by atoms with Crippen molar-refractivity contribution in [1.82, 2.24) is 4.90 Å². The lowest BCUT2D eigenvalue weighted by atomic mass is 10.1. The van der Waals surface area contributed by atoms with E-state index in [0.29, 0.717) is 30.9 Å². The van der Waals surface area contributed by atoms with Crippen molar-refractivity contribution in [3.63, 3.8) is 0 Å². The molecule has 168 valence electrons. The number of ketones is 1. The Hall–Kier alpha value is -3.35. The molecule has 2 aromatic rings. The van der Waals surface area contributed by atoms with Crippen molar-refractivity contribution in [2.45, 2.75) is 20.3 Å². The zero-order chi connectivity index (χ0) is 22.8. The summed E-state index contributed by atoms with van der Waals surface area (Å²) >= 11 is 0. The average Bonchev–Trinajstić information content (AvgIpc) is 3.20. The van der Waals surface area contributed by atoms with Crippen molar-refractivity contribution in [1.29, 1.82) is 0 Å². The van der Waals surface area contributed by atoms with E-state index in [1.54, 1.807) is 18.9 Å². The van der Waals surface area contributed by atoms with E-state index in [0.717, 1.165) is 30.0 Å². The number of methoxy groups -OCH3 is 1. The summed E-state index contributed by atoms with van der Waals surface area (Å²) in [5.41, 5.74) is 3.52. The van der Waals surface area contributed by atoms with Gasteiger partial charge in [0.15, 0.2) is 5.78 Å². The molecule has 1 unspecified atom stereocenters. The monoisotopic (exact) mass is 435 g/mol. The second kappa shape index (κ2) is 9.02. The topological polar surface area (TPSA) is 70.2 Å². The number of amides is 2. The lowest BCUT2D eigenvalue weighted by Gasteiger charge is -2.37.